The first kappa shape index (κ1) is 16.5. The van der Waals surface area contributed by atoms with E-state index in [2.05, 4.69) is 11.0 Å². The maximum absolute atomic E-state index is 11.4. The van der Waals surface area contributed by atoms with Crippen LogP contribution in [0.2, 0.25) is 0 Å². The second kappa shape index (κ2) is 6.65. The molecule has 0 aliphatic carbocycles. The monoisotopic (exact) mass is 325 g/mol. The molecular formula is C20H23NO3. The fraction of sp³-hybridized carbons (Fsp3) is 0.350. The molecule has 0 saturated carbocycles. The summed E-state index contributed by atoms with van der Waals surface area (Å²) in [7, 11) is 0. The van der Waals surface area contributed by atoms with Gasteiger partial charge < -0.3 is 9.84 Å². The molecule has 3 rings (SSSR count). The number of carboxylic acids is 1. The SMILES string of the molecule is Cc1cccc(Oc2cccc(CN3CCC(C)(C(=O)O)C3)c2)c1. The lowest BCUT2D eigenvalue weighted by atomic mass is 9.90. The summed E-state index contributed by atoms with van der Waals surface area (Å²) in [6.45, 7) is 6.01. The minimum absolute atomic E-state index is 0.589. The van der Waals surface area contributed by atoms with E-state index in [-0.39, 0.29) is 0 Å². The van der Waals surface area contributed by atoms with Gasteiger partial charge in [0.2, 0.25) is 0 Å². The number of carboxylic acid groups (broad SMARTS) is 1. The Morgan fingerprint density at radius 2 is 1.92 bits per heavy atom. The number of hydrogen-bond acceptors (Lipinski definition) is 3. The molecule has 126 valence electrons. The van der Waals surface area contributed by atoms with Crippen LogP contribution in [0.15, 0.2) is 48.5 Å². The maximum atomic E-state index is 11.4. The Bertz CT molecular complexity index is 743. The molecule has 4 heteroatoms. The van der Waals surface area contributed by atoms with Gasteiger partial charge in [-0.2, -0.15) is 0 Å². The highest BCUT2D eigenvalue weighted by atomic mass is 16.5. The van der Waals surface area contributed by atoms with Crippen molar-refractivity contribution in [2.75, 3.05) is 13.1 Å². The first-order chi connectivity index (χ1) is 11.4. The molecule has 24 heavy (non-hydrogen) atoms. The van der Waals surface area contributed by atoms with Crippen molar-refractivity contribution in [3.63, 3.8) is 0 Å². The lowest BCUT2D eigenvalue weighted by Crippen LogP contribution is -2.31. The van der Waals surface area contributed by atoms with Gasteiger partial charge in [-0.3, -0.25) is 9.69 Å². The first-order valence-electron chi connectivity index (χ1n) is 8.24. The van der Waals surface area contributed by atoms with Crippen molar-refractivity contribution >= 4 is 5.97 Å². The number of hydrogen-bond donors (Lipinski definition) is 1. The Labute approximate surface area is 142 Å². The second-order valence-corrected chi connectivity index (χ2v) is 6.89. The summed E-state index contributed by atoms with van der Waals surface area (Å²) < 4.78 is 5.93. The van der Waals surface area contributed by atoms with Gasteiger partial charge in [0.1, 0.15) is 11.5 Å². The average Bonchev–Trinajstić information content (AvgIpc) is 2.90. The summed E-state index contributed by atoms with van der Waals surface area (Å²) in [5, 5.41) is 9.34. The Kier molecular flexibility index (Phi) is 4.58. The van der Waals surface area contributed by atoms with Gasteiger partial charge in [-0.15, -0.1) is 0 Å². The maximum Gasteiger partial charge on any atom is 0.310 e. The molecule has 0 amide bonds. The molecule has 0 spiro atoms. The van der Waals surface area contributed by atoms with Crippen LogP contribution in [0.25, 0.3) is 0 Å². The second-order valence-electron chi connectivity index (χ2n) is 6.89. The van der Waals surface area contributed by atoms with E-state index < -0.39 is 11.4 Å². The summed E-state index contributed by atoms with van der Waals surface area (Å²) >= 11 is 0. The number of carbonyl (C=O) groups is 1. The molecule has 1 unspecified atom stereocenters. The normalized spacial score (nSPS) is 20.9. The molecule has 1 heterocycles. The van der Waals surface area contributed by atoms with Crippen LogP contribution >= 0.6 is 0 Å². The van der Waals surface area contributed by atoms with Gasteiger partial charge in [-0.05, 0) is 62.2 Å². The van der Waals surface area contributed by atoms with E-state index in [0.29, 0.717) is 13.0 Å². The number of ether oxygens (including phenoxy) is 1. The molecule has 2 aromatic rings. The zero-order valence-electron chi connectivity index (χ0n) is 14.2. The Balaban J connectivity index is 1.67. The van der Waals surface area contributed by atoms with Crippen molar-refractivity contribution in [3.05, 3.63) is 59.7 Å². The topological polar surface area (TPSA) is 49.8 Å². The van der Waals surface area contributed by atoms with Crippen molar-refractivity contribution in [2.45, 2.75) is 26.8 Å². The third kappa shape index (κ3) is 3.77. The van der Waals surface area contributed by atoms with Crippen LogP contribution in [0, 0.1) is 12.3 Å². The third-order valence-electron chi connectivity index (χ3n) is 4.60. The van der Waals surface area contributed by atoms with Gasteiger partial charge >= 0.3 is 5.97 Å². The highest BCUT2D eigenvalue weighted by Crippen LogP contribution is 2.31. The van der Waals surface area contributed by atoms with Crippen molar-refractivity contribution < 1.29 is 14.6 Å². The van der Waals surface area contributed by atoms with Crippen LogP contribution in [-0.2, 0) is 11.3 Å². The number of nitrogens with zero attached hydrogens (tertiary/aromatic N) is 1. The lowest BCUT2D eigenvalue weighted by molar-refractivity contribution is -0.147. The molecule has 2 aromatic carbocycles. The number of likely N-dealkylation sites (tertiary alicyclic amines) is 1. The minimum Gasteiger partial charge on any atom is -0.481 e. The standard InChI is InChI=1S/C20H23NO3/c1-15-5-3-7-17(11-15)24-18-8-4-6-16(12-18)13-21-10-9-20(2,14-21)19(22)23/h3-8,11-12H,9-10,13-14H2,1-2H3,(H,22,23). The lowest BCUT2D eigenvalue weighted by Gasteiger charge is -2.20. The van der Waals surface area contributed by atoms with Crippen LogP contribution in [0.3, 0.4) is 0 Å². The minimum atomic E-state index is -0.707. The van der Waals surface area contributed by atoms with Gasteiger partial charge in [0, 0.05) is 13.1 Å². The molecule has 1 atom stereocenters. The molecule has 4 nitrogen and oxygen atoms in total. The van der Waals surface area contributed by atoms with Crippen LogP contribution in [0.4, 0.5) is 0 Å². The van der Waals surface area contributed by atoms with E-state index in [1.54, 1.807) is 0 Å². The molecule has 0 bridgehead atoms. The number of aryl methyl sites for hydroxylation is 1. The first-order valence-corrected chi connectivity index (χ1v) is 8.24. The van der Waals surface area contributed by atoms with Gasteiger partial charge in [-0.1, -0.05) is 24.3 Å². The van der Waals surface area contributed by atoms with Crippen LogP contribution in [-0.4, -0.2) is 29.1 Å². The molecule has 0 aromatic heterocycles. The van der Waals surface area contributed by atoms with Crippen molar-refractivity contribution in [1.82, 2.24) is 4.90 Å². The fourth-order valence-electron chi connectivity index (χ4n) is 3.15. The van der Waals surface area contributed by atoms with Gasteiger partial charge in [0.15, 0.2) is 0 Å². The average molecular weight is 325 g/mol. The third-order valence-corrected chi connectivity index (χ3v) is 4.60. The summed E-state index contributed by atoms with van der Waals surface area (Å²) in [4.78, 5) is 13.6. The van der Waals surface area contributed by atoms with E-state index in [0.717, 1.165) is 35.7 Å². The predicted molar refractivity (Wildman–Crippen MR) is 93.3 cm³/mol. The van der Waals surface area contributed by atoms with E-state index in [4.69, 9.17) is 4.74 Å². The largest absolute Gasteiger partial charge is 0.481 e. The van der Waals surface area contributed by atoms with Crippen LogP contribution in [0.5, 0.6) is 11.5 Å². The van der Waals surface area contributed by atoms with Crippen molar-refractivity contribution in [2.24, 2.45) is 5.41 Å². The highest BCUT2D eigenvalue weighted by Gasteiger charge is 2.40. The van der Waals surface area contributed by atoms with Crippen molar-refractivity contribution in [3.8, 4) is 11.5 Å². The summed E-state index contributed by atoms with van der Waals surface area (Å²) in [6.07, 6.45) is 0.696. The van der Waals surface area contributed by atoms with Crippen molar-refractivity contribution in [1.29, 1.82) is 0 Å². The van der Waals surface area contributed by atoms with E-state index in [9.17, 15) is 9.90 Å². The molecule has 1 aliphatic rings. The highest BCUT2D eigenvalue weighted by molar-refractivity contribution is 5.74. The zero-order chi connectivity index (χ0) is 17.2. The van der Waals surface area contributed by atoms with E-state index in [1.165, 1.54) is 0 Å². The van der Waals surface area contributed by atoms with Gasteiger partial charge in [-0.25, -0.2) is 0 Å². The van der Waals surface area contributed by atoms with Gasteiger partial charge in [0.05, 0.1) is 5.41 Å². The molecule has 1 saturated heterocycles. The van der Waals surface area contributed by atoms with Crippen LogP contribution < -0.4 is 4.74 Å². The molecular weight excluding hydrogens is 302 g/mol. The summed E-state index contributed by atoms with van der Waals surface area (Å²) in [6, 6.07) is 16.0. The quantitative estimate of drug-likeness (QED) is 0.900. The molecule has 1 fully saturated rings. The smallest absolute Gasteiger partial charge is 0.310 e. The summed E-state index contributed by atoms with van der Waals surface area (Å²) in [5.74, 6) is 0.923. The number of benzene rings is 2. The van der Waals surface area contributed by atoms with Gasteiger partial charge in [0.25, 0.3) is 0 Å². The van der Waals surface area contributed by atoms with E-state index in [1.807, 2.05) is 56.3 Å². The summed E-state index contributed by atoms with van der Waals surface area (Å²) in [5.41, 5.74) is 1.67. The predicted octanol–water partition coefficient (Wildman–Crippen LogP) is 4.08. The Morgan fingerprint density at radius 3 is 2.58 bits per heavy atom. The fourth-order valence-corrected chi connectivity index (χ4v) is 3.15. The molecule has 1 aliphatic heterocycles. The Hall–Kier alpha value is -2.33. The zero-order valence-corrected chi connectivity index (χ0v) is 14.2. The van der Waals surface area contributed by atoms with Crippen LogP contribution in [0.1, 0.15) is 24.5 Å². The number of aliphatic carboxylic acids is 1. The molecule has 0 radical (unpaired) electrons. The Morgan fingerprint density at radius 1 is 1.21 bits per heavy atom. The molecule has 1 N–H and O–H groups in total. The number of rotatable bonds is 5. The van der Waals surface area contributed by atoms with E-state index >= 15 is 0 Å².